The van der Waals surface area contributed by atoms with Crippen LogP contribution in [0, 0.1) is 0 Å². The van der Waals surface area contributed by atoms with Gasteiger partial charge in [-0.25, -0.2) is 4.99 Å². The minimum Gasteiger partial charge on any atom is -0.399 e. The first-order valence-electron chi connectivity index (χ1n) is 4.99. The number of anilines is 1. The van der Waals surface area contributed by atoms with Crippen LogP contribution in [0.15, 0.2) is 52.8 Å². The van der Waals surface area contributed by atoms with Crippen LogP contribution in [-0.4, -0.2) is 11.5 Å². The van der Waals surface area contributed by atoms with Gasteiger partial charge in [0.25, 0.3) is 0 Å². The molecule has 2 rings (SSSR count). The van der Waals surface area contributed by atoms with Gasteiger partial charge in [0.2, 0.25) is 5.78 Å². The molecular weight excluding hydrogens is 216 g/mol. The zero-order valence-corrected chi connectivity index (χ0v) is 9.05. The summed E-state index contributed by atoms with van der Waals surface area (Å²) in [6.07, 6.45) is 2.74. The number of hydrogen-bond acceptors (Lipinski definition) is 5. The van der Waals surface area contributed by atoms with Crippen molar-refractivity contribution in [3.63, 3.8) is 0 Å². The number of benzene rings is 1. The zero-order valence-electron chi connectivity index (χ0n) is 9.05. The van der Waals surface area contributed by atoms with Gasteiger partial charge in [-0.1, -0.05) is 0 Å². The van der Waals surface area contributed by atoms with Gasteiger partial charge in [-0.05, 0) is 30.3 Å². The highest BCUT2D eigenvalue weighted by atomic mass is 16.1. The average molecular weight is 228 g/mol. The lowest BCUT2D eigenvalue weighted by molar-refractivity contribution is -0.111. The predicted octanol–water partition coefficient (Wildman–Crippen LogP) is 0.609. The van der Waals surface area contributed by atoms with E-state index < -0.39 is 0 Å². The summed E-state index contributed by atoms with van der Waals surface area (Å²) >= 11 is 0. The van der Waals surface area contributed by atoms with Gasteiger partial charge in [0.05, 0.1) is 22.8 Å². The lowest BCUT2D eigenvalue weighted by atomic mass is 10.1. The highest BCUT2D eigenvalue weighted by molar-refractivity contribution is 6.21. The molecule has 1 aliphatic carbocycles. The number of rotatable bonds is 1. The molecule has 17 heavy (non-hydrogen) atoms. The van der Waals surface area contributed by atoms with Gasteiger partial charge in [0, 0.05) is 11.8 Å². The van der Waals surface area contributed by atoms with Crippen LogP contribution in [0.2, 0.25) is 0 Å². The predicted molar refractivity (Wildman–Crippen MR) is 67.5 cm³/mol. The number of allylic oxidation sites excluding steroid dienone is 2. The molecule has 0 saturated heterocycles. The van der Waals surface area contributed by atoms with Crippen molar-refractivity contribution in [3.8, 4) is 0 Å². The molecule has 0 fully saturated rings. The summed E-state index contributed by atoms with van der Waals surface area (Å²) in [6, 6.07) is 6.99. The summed E-state index contributed by atoms with van der Waals surface area (Å²) in [6.45, 7) is 0. The first-order valence-corrected chi connectivity index (χ1v) is 4.99. The molecule has 0 bridgehead atoms. The van der Waals surface area contributed by atoms with E-state index in [9.17, 15) is 4.79 Å². The Labute approximate surface area is 98.3 Å². The van der Waals surface area contributed by atoms with Crippen molar-refractivity contribution in [2.75, 3.05) is 5.73 Å². The first kappa shape index (κ1) is 10.9. The van der Waals surface area contributed by atoms with Crippen molar-refractivity contribution in [2.45, 2.75) is 0 Å². The van der Waals surface area contributed by atoms with Gasteiger partial charge in [-0.15, -0.1) is 0 Å². The molecule has 0 radical (unpaired) electrons. The lowest BCUT2D eigenvalue weighted by Crippen LogP contribution is -2.22. The van der Waals surface area contributed by atoms with Gasteiger partial charge >= 0.3 is 0 Å². The number of nitrogens with zero attached hydrogens (tertiary/aromatic N) is 1. The SMILES string of the molecule is NC1=CC(=Nc2ccc(N)cc2)C(N)=CC1=O. The van der Waals surface area contributed by atoms with Crippen LogP contribution in [0.4, 0.5) is 11.4 Å². The monoisotopic (exact) mass is 228 g/mol. The molecule has 0 aliphatic heterocycles. The van der Waals surface area contributed by atoms with E-state index >= 15 is 0 Å². The number of nitrogens with two attached hydrogens (primary N) is 3. The van der Waals surface area contributed by atoms with Gasteiger partial charge < -0.3 is 17.2 Å². The molecule has 0 amide bonds. The second-order valence-corrected chi connectivity index (χ2v) is 3.65. The van der Waals surface area contributed by atoms with Gasteiger partial charge in [0.15, 0.2) is 0 Å². The Morgan fingerprint density at radius 3 is 2.18 bits per heavy atom. The average Bonchev–Trinajstić information content (AvgIpc) is 2.29. The topological polar surface area (TPSA) is 107 Å². The summed E-state index contributed by atoms with van der Waals surface area (Å²) < 4.78 is 0. The molecule has 6 N–H and O–H groups in total. The molecule has 0 unspecified atom stereocenters. The van der Waals surface area contributed by atoms with Crippen LogP contribution < -0.4 is 17.2 Å². The third kappa shape index (κ3) is 2.34. The minimum absolute atomic E-state index is 0.133. The van der Waals surface area contributed by atoms with Crippen molar-refractivity contribution in [2.24, 2.45) is 16.5 Å². The van der Waals surface area contributed by atoms with Crippen molar-refractivity contribution in [1.82, 2.24) is 0 Å². The molecule has 0 spiro atoms. The fourth-order valence-corrected chi connectivity index (χ4v) is 1.39. The molecule has 0 heterocycles. The molecule has 5 nitrogen and oxygen atoms in total. The molecule has 1 aromatic rings. The maximum atomic E-state index is 11.2. The third-order valence-electron chi connectivity index (χ3n) is 2.30. The van der Waals surface area contributed by atoms with E-state index in [-0.39, 0.29) is 11.5 Å². The summed E-state index contributed by atoms with van der Waals surface area (Å²) in [7, 11) is 0. The van der Waals surface area contributed by atoms with Crippen molar-refractivity contribution in [1.29, 1.82) is 0 Å². The normalized spacial score (nSPS) is 17.9. The van der Waals surface area contributed by atoms with E-state index in [0.29, 0.717) is 22.8 Å². The summed E-state index contributed by atoms with van der Waals surface area (Å²) in [5.41, 5.74) is 19.1. The number of aliphatic imine (C=N–C) groups is 1. The second-order valence-electron chi connectivity index (χ2n) is 3.65. The fraction of sp³-hybridized carbons (Fsp3) is 0. The van der Waals surface area contributed by atoms with Gasteiger partial charge in [-0.3, -0.25) is 4.79 Å². The molecular formula is C12H12N4O. The Hall–Kier alpha value is -2.56. The Bertz CT molecular complexity index is 552. The molecule has 1 aliphatic rings. The molecule has 0 saturated carbocycles. The van der Waals surface area contributed by atoms with Crippen LogP contribution in [0.1, 0.15) is 0 Å². The standard InChI is InChI=1S/C12H12N4O/c13-7-1-3-8(4-2-7)16-11-5-10(15)12(17)6-9(11)14/h1-6H,13-15H2. The number of nitrogen functional groups attached to an aromatic ring is 1. The van der Waals surface area contributed by atoms with E-state index in [1.165, 1.54) is 12.2 Å². The highest BCUT2D eigenvalue weighted by Crippen LogP contribution is 2.17. The van der Waals surface area contributed by atoms with Crippen molar-refractivity contribution < 1.29 is 4.79 Å². The van der Waals surface area contributed by atoms with Crippen LogP contribution in [0.3, 0.4) is 0 Å². The van der Waals surface area contributed by atoms with E-state index in [1.807, 2.05) is 0 Å². The van der Waals surface area contributed by atoms with E-state index in [0.717, 1.165) is 0 Å². The van der Waals surface area contributed by atoms with Crippen molar-refractivity contribution in [3.05, 3.63) is 47.8 Å². The van der Waals surface area contributed by atoms with Crippen LogP contribution in [-0.2, 0) is 4.79 Å². The summed E-state index contributed by atoms with van der Waals surface area (Å²) in [5, 5.41) is 0. The number of carbonyl (C=O) groups excluding carboxylic acids is 1. The largest absolute Gasteiger partial charge is 0.399 e. The zero-order chi connectivity index (χ0) is 12.4. The molecule has 1 aromatic carbocycles. The maximum Gasteiger partial charge on any atom is 0.203 e. The Kier molecular flexibility index (Phi) is 2.66. The first-order chi connectivity index (χ1) is 8.06. The Morgan fingerprint density at radius 1 is 0.882 bits per heavy atom. The summed E-state index contributed by atoms with van der Waals surface area (Å²) in [5.74, 6) is -0.293. The molecule has 0 aromatic heterocycles. The minimum atomic E-state index is -0.293. The number of hydrogen-bond donors (Lipinski definition) is 3. The van der Waals surface area contributed by atoms with E-state index in [1.54, 1.807) is 24.3 Å². The molecule has 0 atom stereocenters. The quantitative estimate of drug-likeness (QED) is 0.483. The van der Waals surface area contributed by atoms with Gasteiger partial charge in [-0.2, -0.15) is 0 Å². The van der Waals surface area contributed by atoms with Gasteiger partial charge in [0.1, 0.15) is 0 Å². The summed E-state index contributed by atoms with van der Waals surface area (Å²) in [4.78, 5) is 15.5. The molecule has 86 valence electrons. The van der Waals surface area contributed by atoms with Crippen LogP contribution in [0.25, 0.3) is 0 Å². The second kappa shape index (κ2) is 4.13. The number of carbonyl (C=O) groups is 1. The smallest absolute Gasteiger partial charge is 0.203 e. The Balaban J connectivity index is 2.37. The number of ketones is 1. The Morgan fingerprint density at radius 2 is 1.53 bits per heavy atom. The third-order valence-corrected chi connectivity index (χ3v) is 2.30. The maximum absolute atomic E-state index is 11.2. The lowest BCUT2D eigenvalue weighted by Gasteiger charge is -2.09. The van der Waals surface area contributed by atoms with E-state index in [4.69, 9.17) is 17.2 Å². The molecule has 5 heteroatoms. The van der Waals surface area contributed by atoms with Crippen LogP contribution >= 0.6 is 0 Å². The highest BCUT2D eigenvalue weighted by Gasteiger charge is 2.13. The van der Waals surface area contributed by atoms with E-state index in [2.05, 4.69) is 4.99 Å². The fourth-order valence-electron chi connectivity index (χ4n) is 1.39. The van der Waals surface area contributed by atoms with Crippen molar-refractivity contribution >= 4 is 22.9 Å². The van der Waals surface area contributed by atoms with Crippen LogP contribution in [0.5, 0.6) is 0 Å².